The van der Waals surface area contributed by atoms with Crippen molar-refractivity contribution in [3.05, 3.63) is 23.8 Å². The Balaban J connectivity index is 2.63. The van der Waals surface area contributed by atoms with Crippen molar-refractivity contribution < 1.29 is 18.7 Å². The molecule has 0 saturated heterocycles. The number of nitrogens with one attached hydrogen (secondary N) is 1. The Morgan fingerprint density at radius 2 is 1.80 bits per heavy atom. The molecule has 0 bridgehead atoms. The molecule has 2 N–H and O–H groups in total. The highest BCUT2D eigenvalue weighted by Gasteiger charge is 2.18. The number of halogens is 2. The molecule has 0 fully saturated rings. The molecule has 1 amide bonds. The van der Waals surface area contributed by atoms with Gasteiger partial charge in [0.2, 0.25) is 5.91 Å². The Morgan fingerprint density at radius 3 is 2.25 bits per heavy atom. The highest BCUT2D eigenvalue weighted by molar-refractivity contribution is 5.90. The number of hydrogen-bond acceptors (Lipinski definition) is 2. The number of aromatic hydroxyl groups is 1. The average molecular weight is 285 g/mol. The van der Waals surface area contributed by atoms with Crippen molar-refractivity contribution in [2.45, 2.75) is 40.5 Å². The van der Waals surface area contributed by atoms with Gasteiger partial charge in [0.15, 0.2) is 17.4 Å². The van der Waals surface area contributed by atoms with E-state index in [1.807, 2.05) is 6.92 Å². The van der Waals surface area contributed by atoms with E-state index in [4.69, 9.17) is 5.11 Å². The minimum Gasteiger partial charge on any atom is -0.503 e. The van der Waals surface area contributed by atoms with Crippen molar-refractivity contribution in [2.75, 3.05) is 5.32 Å². The van der Waals surface area contributed by atoms with Crippen LogP contribution in [0.25, 0.3) is 0 Å². The van der Waals surface area contributed by atoms with Gasteiger partial charge in [-0.1, -0.05) is 27.7 Å². The van der Waals surface area contributed by atoms with Crippen molar-refractivity contribution in [1.82, 2.24) is 0 Å². The first kappa shape index (κ1) is 16.4. The topological polar surface area (TPSA) is 49.3 Å². The first-order chi connectivity index (χ1) is 9.08. The molecule has 0 spiro atoms. The average Bonchev–Trinajstić information content (AvgIpc) is 2.22. The van der Waals surface area contributed by atoms with Gasteiger partial charge in [-0.2, -0.15) is 0 Å². The molecule has 1 unspecified atom stereocenters. The summed E-state index contributed by atoms with van der Waals surface area (Å²) in [6.07, 6.45) is 1.15. The van der Waals surface area contributed by atoms with Crippen LogP contribution in [0.5, 0.6) is 5.75 Å². The smallest absolute Gasteiger partial charge is 0.224 e. The number of benzene rings is 1. The van der Waals surface area contributed by atoms with Gasteiger partial charge in [-0.05, 0) is 17.8 Å². The fourth-order valence-electron chi connectivity index (χ4n) is 2.28. The van der Waals surface area contributed by atoms with Crippen LogP contribution in [-0.4, -0.2) is 11.0 Å². The third-order valence-electron chi connectivity index (χ3n) is 2.80. The summed E-state index contributed by atoms with van der Waals surface area (Å²) in [6, 6.07) is 1.79. The number of rotatable bonds is 4. The molecule has 1 atom stereocenters. The van der Waals surface area contributed by atoms with Crippen LogP contribution in [0.2, 0.25) is 0 Å². The fraction of sp³-hybridized carbons (Fsp3) is 0.533. The number of phenols is 1. The maximum absolute atomic E-state index is 13.1. The third kappa shape index (κ3) is 5.15. The Labute approximate surface area is 118 Å². The molecule has 5 heteroatoms. The van der Waals surface area contributed by atoms with Crippen molar-refractivity contribution in [2.24, 2.45) is 11.3 Å². The molecule has 1 aromatic carbocycles. The summed E-state index contributed by atoms with van der Waals surface area (Å²) in [6.45, 7) is 8.23. The molecule has 1 aromatic rings. The molecule has 112 valence electrons. The maximum atomic E-state index is 13.1. The molecule has 1 rings (SSSR count). The first-order valence-electron chi connectivity index (χ1n) is 6.56. The molecule has 0 aliphatic rings. The van der Waals surface area contributed by atoms with E-state index in [2.05, 4.69) is 26.1 Å². The molecule has 0 radical (unpaired) electrons. The van der Waals surface area contributed by atoms with Crippen LogP contribution in [0.15, 0.2) is 12.1 Å². The molecule has 0 heterocycles. The molecular weight excluding hydrogens is 264 g/mol. The summed E-state index contributed by atoms with van der Waals surface area (Å²) in [4.78, 5) is 11.8. The fourth-order valence-corrected chi connectivity index (χ4v) is 2.28. The third-order valence-corrected chi connectivity index (χ3v) is 2.80. The van der Waals surface area contributed by atoms with Crippen LogP contribution in [0.4, 0.5) is 14.5 Å². The predicted molar refractivity (Wildman–Crippen MR) is 74.5 cm³/mol. The lowest BCUT2D eigenvalue weighted by atomic mass is 9.84. The van der Waals surface area contributed by atoms with E-state index in [-0.39, 0.29) is 29.3 Å². The van der Waals surface area contributed by atoms with Gasteiger partial charge in [0.05, 0.1) is 0 Å². The summed E-state index contributed by atoms with van der Waals surface area (Å²) in [5, 5.41) is 11.4. The molecule has 0 aromatic heterocycles. The van der Waals surface area contributed by atoms with E-state index in [1.165, 1.54) is 0 Å². The van der Waals surface area contributed by atoms with E-state index in [9.17, 15) is 13.6 Å². The van der Waals surface area contributed by atoms with E-state index in [0.29, 0.717) is 0 Å². The van der Waals surface area contributed by atoms with Crippen molar-refractivity contribution in [3.8, 4) is 5.75 Å². The van der Waals surface area contributed by atoms with Crippen LogP contribution in [0.3, 0.4) is 0 Å². The van der Waals surface area contributed by atoms with Gasteiger partial charge in [-0.25, -0.2) is 8.78 Å². The molecule has 0 saturated carbocycles. The van der Waals surface area contributed by atoms with Gasteiger partial charge in [0.1, 0.15) is 0 Å². The summed E-state index contributed by atoms with van der Waals surface area (Å²) < 4.78 is 26.3. The zero-order valence-corrected chi connectivity index (χ0v) is 12.3. The Hall–Kier alpha value is -1.65. The van der Waals surface area contributed by atoms with Crippen molar-refractivity contribution >= 4 is 11.6 Å². The van der Waals surface area contributed by atoms with Gasteiger partial charge in [0, 0.05) is 24.2 Å². The van der Waals surface area contributed by atoms with Gasteiger partial charge >= 0.3 is 0 Å². The van der Waals surface area contributed by atoms with Crippen LogP contribution in [0.1, 0.15) is 40.5 Å². The minimum atomic E-state index is -1.09. The summed E-state index contributed by atoms with van der Waals surface area (Å²) in [7, 11) is 0. The van der Waals surface area contributed by atoms with E-state index < -0.39 is 17.4 Å². The summed E-state index contributed by atoms with van der Waals surface area (Å²) in [5.74, 6) is -3.36. The Bertz CT molecular complexity index is 472. The summed E-state index contributed by atoms with van der Waals surface area (Å²) >= 11 is 0. The standard InChI is InChI=1S/C15H21F2NO2/c1-9(8-15(2,3)4)5-13(19)18-10-6-11(16)14(20)12(17)7-10/h6-7,9,20H,5,8H2,1-4H3,(H,18,19). The monoisotopic (exact) mass is 285 g/mol. The largest absolute Gasteiger partial charge is 0.503 e. The molecule has 0 aliphatic heterocycles. The highest BCUT2D eigenvalue weighted by Crippen LogP contribution is 2.27. The van der Waals surface area contributed by atoms with Gasteiger partial charge < -0.3 is 10.4 Å². The van der Waals surface area contributed by atoms with Crippen molar-refractivity contribution in [3.63, 3.8) is 0 Å². The normalized spacial score (nSPS) is 13.1. The second-order valence-electron chi connectivity index (χ2n) is 6.41. The van der Waals surface area contributed by atoms with Crippen LogP contribution in [-0.2, 0) is 4.79 Å². The second-order valence-corrected chi connectivity index (χ2v) is 6.41. The maximum Gasteiger partial charge on any atom is 0.224 e. The zero-order valence-electron chi connectivity index (χ0n) is 12.3. The number of hydrogen-bond donors (Lipinski definition) is 2. The minimum absolute atomic E-state index is 0.00533. The first-order valence-corrected chi connectivity index (χ1v) is 6.56. The second kappa shape index (κ2) is 6.20. The highest BCUT2D eigenvalue weighted by atomic mass is 19.1. The quantitative estimate of drug-likeness (QED) is 0.819. The number of carbonyl (C=O) groups excluding carboxylic acids is 1. The van der Waals surface area contributed by atoms with E-state index in [0.717, 1.165) is 18.6 Å². The number of amides is 1. The lowest BCUT2D eigenvalue weighted by molar-refractivity contribution is -0.117. The number of phenolic OH excluding ortho intramolecular Hbond substituents is 1. The van der Waals surface area contributed by atoms with Crippen LogP contribution < -0.4 is 5.32 Å². The molecule has 0 aliphatic carbocycles. The molecule has 3 nitrogen and oxygen atoms in total. The van der Waals surface area contributed by atoms with Gasteiger partial charge in [-0.15, -0.1) is 0 Å². The van der Waals surface area contributed by atoms with E-state index >= 15 is 0 Å². The van der Waals surface area contributed by atoms with E-state index in [1.54, 1.807) is 0 Å². The van der Waals surface area contributed by atoms with Gasteiger partial charge in [0.25, 0.3) is 0 Å². The number of carbonyl (C=O) groups is 1. The molecule has 20 heavy (non-hydrogen) atoms. The van der Waals surface area contributed by atoms with Crippen molar-refractivity contribution in [1.29, 1.82) is 0 Å². The number of anilines is 1. The van der Waals surface area contributed by atoms with Gasteiger partial charge in [-0.3, -0.25) is 4.79 Å². The summed E-state index contributed by atoms with van der Waals surface area (Å²) in [5.41, 5.74) is 0.127. The Kier molecular flexibility index (Phi) is 5.09. The lowest BCUT2D eigenvalue weighted by Crippen LogP contribution is -2.19. The SMILES string of the molecule is CC(CC(=O)Nc1cc(F)c(O)c(F)c1)CC(C)(C)C. The van der Waals surface area contributed by atoms with Crippen LogP contribution in [0, 0.1) is 23.0 Å². The lowest BCUT2D eigenvalue weighted by Gasteiger charge is -2.22. The predicted octanol–water partition coefficient (Wildman–Crippen LogP) is 4.07. The zero-order chi connectivity index (χ0) is 15.5. The Morgan fingerprint density at radius 1 is 1.30 bits per heavy atom. The van der Waals surface area contributed by atoms with Crippen LogP contribution >= 0.6 is 0 Å². The molecular formula is C15H21F2NO2.